The van der Waals surface area contributed by atoms with Crippen molar-refractivity contribution in [2.75, 3.05) is 5.32 Å². The van der Waals surface area contributed by atoms with Crippen molar-refractivity contribution in [1.29, 1.82) is 0 Å². The summed E-state index contributed by atoms with van der Waals surface area (Å²) >= 11 is 0. The summed E-state index contributed by atoms with van der Waals surface area (Å²) < 4.78 is 35.1. The van der Waals surface area contributed by atoms with Crippen LogP contribution in [-0.4, -0.2) is 22.8 Å². The topological polar surface area (TPSA) is 75.6 Å². The van der Waals surface area contributed by atoms with Crippen LogP contribution in [0.2, 0.25) is 0 Å². The van der Waals surface area contributed by atoms with Gasteiger partial charge < -0.3 is 9.84 Å². The zero-order chi connectivity index (χ0) is 16.5. The SMILES string of the molecule is [2H]c1c([2H])c([2H])c(C(=O)O)c(NC(=O)OC(C)(C)C)c1[2H]. The van der Waals surface area contributed by atoms with Crippen LogP contribution >= 0.6 is 0 Å². The summed E-state index contributed by atoms with van der Waals surface area (Å²) in [6, 6.07) is -2.72. The summed E-state index contributed by atoms with van der Waals surface area (Å²) in [4.78, 5) is 22.9. The molecule has 1 aromatic carbocycles. The number of aromatic carboxylic acids is 1. The fraction of sp³-hybridized carbons (Fsp3) is 0.333. The Morgan fingerprint density at radius 1 is 1.35 bits per heavy atom. The Hall–Kier alpha value is -2.04. The smallest absolute Gasteiger partial charge is 0.412 e. The molecule has 0 heterocycles. The van der Waals surface area contributed by atoms with Crippen molar-refractivity contribution in [3.8, 4) is 0 Å². The molecule has 0 radical (unpaired) electrons. The number of hydrogen-bond acceptors (Lipinski definition) is 3. The van der Waals surface area contributed by atoms with Gasteiger partial charge in [0.15, 0.2) is 0 Å². The molecule has 5 nitrogen and oxygen atoms in total. The summed E-state index contributed by atoms with van der Waals surface area (Å²) in [5.41, 5.74) is -2.08. The molecule has 0 unspecified atom stereocenters. The van der Waals surface area contributed by atoms with Gasteiger partial charge in [-0.3, -0.25) is 5.32 Å². The van der Waals surface area contributed by atoms with Crippen LogP contribution in [0.25, 0.3) is 0 Å². The molecular formula is C12H15NO4. The number of rotatable bonds is 2. The Balaban J connectivity index is 3.35. The van der Waals surface area contributed by atoms with Crippen molar-refractivity contribution in [2.45, 2.75) is 26.4 Å². The number of carbonyl (C=O) groups is 2. The van der Waals surface area contributed by atoms with Crippen molar-refractivity contribution >= 4 is 17.7 Å². The highest BCUT2D eigenvalue weighted by molar-refractivity contribution is 5.98. The Morgan fingerprint density at radius 3 is 2.47 bits per heavy atom. The predicted molar refractivity (Wildman–Crippen MR) is 63.3 cm³/mol. The molecule has 0 saturated heterocycles. The predicted octanol–water partition coefficient (Wildman–Crippen LogP) is 2.73. The van der Waals surface area contributed by atoms with Crippen LogP contribution in [0.1, 0.15) is 36.6 Å². The zero-order valence-electron chi connectivity index (χ0n) is 13.7. The van der Waals surface area contributed by atoms with Gasteiger partial charge >= 0.3 is 12.1 Å². The lowest BCUT2D eigenvalue weighted by atomic mass is 10.2. The van der Waals surface area contributed by atoms with E-state index in [1.165, 1.54) is 0 Å². The van der Waals surface area contributed by atoms with E-state index in [1.54, 1.807) is 20.8 Å². The minimum Gasteiger partial charge on any atom is -0.478 e. The van der Waals surface area contributed by atoms with E-state index in [9.17, 15) is 9.59 Å². The molecular weight excluding hydrogens is 222 g/mol. The molecule has 1 rings (SSSR count). The molecule has 0 saturated carbocycles. The van der Waals surface area contributed by atoms with Gasteiger partial charge in [0, 0.05) is 0 Å². The maximum atomic E-state index is 11.7. The van der Waals surface area contributed by atoms with Gasteiger partial charge in [0.2, 0.25) is 0 Å². The van der Waals surface area contributed by atoms with Crippen LogP contribution < -0.4 is 5.32 Å². The lowest BCUT2D eigenvalue weighted by molar-refractivity contribution is 0.0636. The van der Waals surface area contributed by atoms with Crippen LogP contribution in [0.4, 0.5) is 10.5 Å². The Labute approximate surface area is 105 Å². The van der Waals surface area contributed by atoms with E-state index < -0.39 is 53.1 Å². The average Bonchev–Trinajstić information content (AvgIpc) is 2.30. The number of para-hydroxylation sites is 1. The maximum Gasteiger partial charge on any atom is 0.412 e. The van der Waals surface area contributed by atoms with Gasteiger partial charge in [-0.15, -0.1) is 0 Å². The summed E-state index contributed by atoms with van der Waals surface area (Å²) in [7, 11) is 0. The number of carbonyl (C=O) groups excluding carboxylic acids is 1. The molecule has 5 heteroatoms. The molecule has 0 fully saturated rings. The number of benzene rings is 1. The number of hydrogen-bond donors (Lipinski definition) is 2. The molecule has 1 amide bonds. The molecule has 0 spiro atoms. The van der Waals surface area contributed by atoms with Crippen LogP contribution in [0.3, 0.4) is 0 Å². The quantitative estimate of drug-likeness (QED) is 0.834. The Bertz CT molecular complexity index is 611. The minimum atomic E-state index is -1.58. The molecule has 0 aliphatic carbocycles. The first-order valence-corrected chi connectivity index (χ1v) is 4.79. The van der Waals surface area contributed by atoms with E-state index in [2.05, 4.69) is 5.32 Å². The van der Waals surface area contributed by atoms with Crippen LogP contribution in [0.5, 0.6) is 0 Å². The Kier molecular flexibility index (Phi) is 2.32. The highest BCUT2D eigenvalue weighted by Crippen LogP contribution is 2.16. The largest absolute Gasteiger partial charge is 0.478 e. The van der Waals surface area contributed by atoms with Gasteiger partial charge in [-0.25, -0.2) is 9.59 Å². The van der Waals surface area contributed by atoms with E-state index in [0.717, 1.165) is 0 Å². The van der Waals surface area contributed by atoms with E-state index in [1.807, 2.05) is 0 Å². The minimum absolute atomic E-state index is 0.525. The van der Waals surface area contributed by atoms with Gasteiger partial charge in [0.05, 0.1) is 16.7 Å². The third kappa shape index (κ3) is 4.14. The van der Waals surface area contributed by atoms with Crippen molar-refractivity contribution in [3.63, 3.8) is 0 Å². The number of carboxylic acids is 1. The second-order valence-corrected chi connectivity index (χ2v) is 4.18. The molecule has 0 atom stereocenters. The molecule has 0 aliphatic rings. The molecule has 17 heavy (non-hydrogen) atoms. The number of nitrogens with one attached hydrogen (secondary N) is 1. The van der Waals surface area contributed by atoms with Gasteiger partial charge in [-0.1, -0.05) is 12.1 Å². The Morgan fingerprint density at radius 2 is 1.94 bits per heavy atom. The first-order chi connectivity index (χ1) is 9.45. The fourth-order valence-electron chi connectivity index (χ4n) is 0.972. The fourth-order valence-corrected chi connectivity index (χ4v) is 0.972. The van der Waals surface area contributed by atoms with Crippen molar-refractivity contribution < 1.29 is 24.9 Å². The van der Waals surface area contributed by atoms with E-state index >= 15 is 0 Å². The summed E-state index contributed by atoms with van der Waals surface area (Å²) in [6.07, 6.45) is -1.00. The highest BCUT2D eigenvalue weighted by Gasteiger charge is 2.18. The second-order valence-electron chi connectivity index (χ2n) is 4.18. The lowest BCUT2D eigenvalue weighted by Crippen LogP contribution is -2.27. The van der Waals surface area contributed by atoms with Crippen molar-refractivity contribution in [1.82, 2.24) is 0 Å². The number of anilines is 1. The second kappa shape index (κ2) is 4.86. The first-order valence-electron chi connectivity index (χ1n) is 6.79. The molecule has 1 aromatic rings. The van der Waals surface area contributed by atoms with E-state index in [4.69, 9.17) is 15.3 Å². The number of ether oxygens (including phenoxy) is 1. The van der Waals surface area contributed by atoms with Crippen LogP contribution in [-0.2, 0) is 4.74 Å². The highest BCUT2D eigenvalue weighted by atomic mass is 16.6. The van der Waals surface area contributed by atoms with Crippen LogP contribution in [0.15, 0.2) is 24.2 Å². The monoisotopic (exact) mass is 241 g/mol. The molecule has 92 valence electrons. The normalized spacial score (nSPS) is 14.1. The number of amides is 1. The number of carboxylic acid groups (broad SMARTS) is 1. The molecule has 2 N–H and O–H groups in total. The van der Waals surface area contributed by atoms with Crippen molar-refractivity contribution in [2.24, 2.45) is 0 Å². The van der Waals surface area contributed by atoms with Crippen LogP contribution in [0, 0.1) is 0 Å². The first kappa shape index (κ1) is 8.11. The van der Waals surface area contributed by atoms with Gasteiger partial charge in [0.25, 0.3) is 0 Å². The third-order valence-electron chi connectivity index (χ3n) is 1.53. The van der Waals surface area contributed by atoms with E-state index in [0.29, 0.717) is 0 Å². The average molecular weight is 241 g/mol. The summed E-state index contributed by atoms with van der Waals surface area (Å²) in [5.74, 6) is -1.58. The molecule has 0 bridgehead atoms. The van der Waals surface area contributed by atoms with Gasteiger partial charge in [-0.2, -0.15) is 0 Å². The van der Waals surface area contributed by atoms with Gasteiger partial charge in [0.1, 0.15) is 5.60 Å². The lowest BCUT2D eigenvalue weighted by Gasteiger charge is -2.20. The molecule has 0 aliphatic heterocycles. The third-order valence-corrected chi connectivity index (χ3v) is 1.53. The summed E-state index contributed by atoms with van der Waals surface area (Å²) in [5, 5.41) is 11.2. The zero-order valence-corrected chi connectivity index (χ0v) is 9.67. The molecule has 0 aromatic heterocycles. The van der Waals surface area contributed by atoms with Gasteiger partial charge in [-0.05, 0) is 32.9 Å². The standard InChI is InChI=1S/C12H15NO4/c1-12(2,3)17-11(16)13-9-7-5-4-6-8(9)10(14)15/h4-7H,1-3H3,(H,13,16)(H,14,15)/i4D,5D,6D,7D. The van der Waals surface area contributed by atoms with E-state index in [-0.39, 0.29) is 0 Å². The summed E-state index contributed by atoms with van der Waals surface area (Å²) in [6.45, 7) is 4.81. The maximum absolute atomic E-state index is 11.7. The van der Waals surface area contributed by atoms with Crippen molar-refractivity contribution in [3.05, 3.63) is 29.7 Å².